The fraction of sp³-hybridized carbons (Fsp3) is 0.409. The number of aromatic nitrogens is 1. The monoisotopic (exact) mass is 397 g/mol. The molecule has 0 saturated carbocycles. The number of hydrogen-bond acceptors (Lipinski definition) is 5. The number of carbonyl (C=O) groups excluding carboxylic acids is 2. The first-order valence-electron chi connectivity index (χ1n) is 9.88. The van der Waals surface area contributed by atoms with E-state index in [1.807, 2.05) is 37.3 Å². The van der Waals surface area contributed by atoms with Gasteiger partial charge in [-0.25, -0.2) is 0 Å². The van der Waals surface area contributed by atoms with Crippen molar-refractivity contribution in [2.45, 2.75) is 50.5 Å². The second-order valence-corrected chi connectivity index (χ2v) is 7.28. The number of pyridine rings is 1. The van der Waals surface area contributed by atoms with Crippen molar-refractivity contribution < 1.29 is 19.4 Å². The van der Waals surface area contributed by atoms with Crippen LogP contribution in [0.3, 0.4) is 0 Å². The van der Waals surface area contributed by atoms with Crippen LogP contribution in [0.4, 0.5) is 0 Å². The summed E-state index contributed by atoms with van der Waals surface area (Å²) in [6.07, 6.45) is 3.73. The number of benzene rings is 1. The van der Waals surface area contributed by atoms with Gasteiger partial charge in [-0.3, -0.25) is 14.6 Å². The molecule has 2 amide bonds. The maximum Gasteiger partial charge on any atom is 0.253 e. The summed E-state index contributed by atoms with van der Waals surface area (Å²) >= 11 is 0. The van der Waals surface area contributed by atoms with E-state index in [0.717, 1.165) is 5.56 Å². The Hall–Kier alpha value is -2.77. The molecule has 1 aromatic carbocycles. The molecule has 1 aliphatic rings. The number of carbonyl (C=O) groups is 2. The van der Waals surface area contributed by atoms with Gasteiger partial charge in [0.15, 0.2) is 0 Å². The summed E-state index contributed by atoms with van der Waals surface area (Å²) in [6.45, 7) is 1.71. The van der Waals surface area contributed by atoms with Gasteiger partial charge >= 0.3 is 0 Å². The lowest BCUT2D eigenvalue weighted by Gasteiger charge is -2.36. The lowest BCUT2D eigenvalue weighted by molar-refractivity contribution is -0.131. The molecule has 154 valence electrons. The number of nitrogens with one attached hydrogen (secondary N) is 2. The standard InChI is InChI=1S/C22H27N3O4/c1-15(16-6-3-2-4-7-16)24-21(27)12-18-9-10-19(20(14-26)29-18)25-22(28)17-8-5-11-23-13-17/h2-8,11,13,15,18-20,26H,9-10,12,14H2,1H3,(H,24,27)(H,25,28)/t15-,18+,19-,20-/m1/s1. The van der Waals surface area contributed by atoms with Gasteiger partial charge in [0.05, 0.1) is 36.8 Å². The van der Waals surface area contributed by atoms with Gasteiger partial charge in [0.25, 0.3) is 5.91 Å². The van der Waals surface area contributed by atoms with Crippen LogP contribution >= 0.6 is 0 Å². The normalized spacial score (nSPS) is 22.5. The molecule has 0 bridgehead atoms. The van der Waals surface area contributed by atoms with E-state index < -0.39 is 6.10 Å². The predicted octanol–water partition coefficient (Wildman–Crippen LogP) is 1.99. The Morgan fingerprint density at radius 1 is 1.21 bits per heavy atom. The minimum atomic E-state index is -0.547. The first-order valence-corrected chi connectivity index (χ1v) is 9.88. The van der Waals surface area contributed by atoms with E-state index in [2.05, 4.69) is 15.6 Å². The zero-order valence-corrected chi connectivity index (χ0v) is 16.5. The summed E-state index contributed by atoms with van der Waals surface area (Å²) < 4.78 is 5.90. The minimum absolute atomic E-state index is 0.0903. The van der Waals surface area contributed by atoms with E-state index in [1.54, 1.807) is 18.3 Å². The van der Waals surface area contributed by atoms with Crippen molar-refractivity contribution in [2.75, 3.05) is 6.61 Å². The maximum absolute atomic E-state index is 12.4. The van der Waals surface area contributed by atoms with E-state index >= 15 is 0 Å². The molecule has 2 aromatic rings. The van der Waals surface area contributed by atoms with Gasteiger partial charge in [0.1, 0.15) is 6.10 Å². The van der Waals surface area contributed by atoms with Gasteiger partial charge in [0, 0.05) is 12.4 Å². The third-order valence-corrected chi connectivity index (χ3v) is 5.13. The molecule has 2 heterocycles. The number of aliphatic hydroxyl groups excluding tert-OH is 1. The summed E-state index contributed by atoms with van der Waals surface area (Å²) in [6, 6.07) is 12.7. The summed E-state index contributed by atoms with van der Waals surface area (Å²) in [5.41, 5.74) is 1.50. The van der Waals surface area contributed by atoms with Gasteiger partial charge in [-0.05, 0) is 37.5 Å². The van der Waals surface area contributed by atoms with E-state index in [-0.39, 0.29) is 43.0 Å². The lowest BCUT2D eigenvalue weighted by Crippen LogP contribution is -2.51. The van der Waals surface area contributed by atoms with Crippen LogP contribution in [0.25, 0.3) is 0 Å². The van der Waals surface area contributed by atoms with Crippen LogP contribution in [0.2, 0.25) is 0 Å². The number of ether oxygens (including phenoxy) is 1. The molecule has 3 rings (SSSR count). The fourth-order valence-electron chi connectivity index (χ4n) is 3.53. The summed E-state index contributed by atoms with van der Waals surface area (Å²) in [5.74, 6) is -0.348. The third-order valence-electron chi connectivity index (χ3n) is 5.13. The van der Waals surface area contributed by atoms with Crippen molar-refractivity contribution in [1.82, 2.24) is 15.6 Å². The second kappa shape index (κ2) is 10.1. The second-order valence-electron chi connectivity index (χ2n) is 7.28. The number of nitrogens with zero attached hydrogens (tertiary/aromatic N) is 1. The molecular formula is C22H27N3O4. The van der Waals surface area contributed by atoms with Gasteiger partial charge in [-0.15, -0.1) is 0 Å². The topological polar surface area (TPSA) is 101 Å². The van der Waals surface area contributed by atoms with Crippen LogP contribution in [0.1, 0.15) is 48.1 Å². The Morgan fingerprint density at radius 3 is 2.69 bits per heavy atom. The zero-order valence-electron chi connectivity index (χ0n) is 16.5. The molecular weight excluding hydrogens is 370 g/mol. The molecule has 0 radical (unpaired) electrons. The first-order chi connectivity index (χ1) is 14.1. The van der Waals surface area contributed by atoms with Crippen LogP contribution in [-0.2, 0) is 9.53 Å². The van der Waals surface area contributed by atoms with E-state index in [4.69, 9.17) is 4.74 Å². The predicted molar refractivity (Wildman–Crippen MR) is 108 cm³/mol. The van der Waals surface area contributed by atoms with Crippen molar-refractivity contribution in [1.29, 1.82) is 0 Å². The highest BCUT2D eigenvalue weighted by Gasteiger charge is 2.33. The van der Waals surface area contributed by atoms with Crippen LogP contribution < -0.4 is 10.6 Å². The third kappa shape index (κ3) is 5.85. The highest BCUT2D eigenvalue weighted by atomic mass is 16.5. The molecule has 29 heavy (non-hydrogen) atoms. The SMILES string of the molecule is C[C@@H](NC(=O)C[C@@H]1CC[C@@H](NC(=O)c2cccnc2)[C@@H](CO)O1)c1ccccc1. The molecule has 7 heteroatoms. The van der Waals surface area contributed by atoms with Crippen LogP contribution in [-0.4, -0.2) is 46.8 Å². The zero-order chi connectivity index (χ0) is 20.6. The smallest absolute Gasteiger partial charge is 0.253 e. The van der Waals surface area contributed by atoms with E-state index in [9.17, 15) is 14.7 Å². The first kappa shape index (κ1) is 21.0. The minimum Gasteiger partial charge on any atom is -0.394 e. The van der Waals surface area contributed by atoms with Gasteiger partial charge in [-0.2, -0.15) is 0 Å². The van der Waals surface area contributed by atoms with Crippen molar-refractivity contribution in [2.24, 2.45) is 0 Å². The van der Waals surface area contributed by atoms with Crippen molar-refractivity contribution in [3.63, 3.8) is 0 Å². The highest BCUT2D eigenvalue weighted by Crippen LogP contribution is 2.23. The molecule has 1 fully saturated rings. The average molecular weight is 397 g/mol. The molecule has 1 aliphatic heterocycles. The number of hydrogen-bond donors (Lipinski definition) is 3. The Balaban J connectivity index is 1.50. The molecule has 0 unspecified atom stereocenters. The largest absolute Gasteiger partial charge is 0.394 e. The Kier molecular flexibility index (Phi) is 7.32. The lowest BCUT2D eigenvalue weighted by atomic mass is 9.96. The molecule has 7 nitrogen and oxygen atoms in total. The number of aliphatic hydroxyl groups is 1. The Bertz CT molecular complexity index is 800. The maximum atomic E-state index is 12.4. The van der Waals surface area contributed by atoms with Crippen LogP contribution in [0.15, 0.2) is 54.9 Å². The average Bonchev–Trinajstić information content (AvgIpc) is 2.75. The molecule has 1 aromatic heterocycles. The molecule has 4 atom stereocenters. The van der Waals surface area contributed by atoms with Crippen molar-refractivity contribution in [3.05, 3.63) is 66.0 Å². The quantitative estimate of drug-likeness (QED) is 0.663. The van der Waals surface area contributed by atoms with Crippen LogP contribution in [0, 0.1) is 0 Å². The summed E-state index contributed by atoms with van der Waals surface area (Å²) in [5, 5.41) is 15.6. The number of amides is 2. The van der Waals surface area contributed by atoms with E-state index in [0.29, 0.717) is 18.4 Å². The Labute approximate surface area is 170 Å². The molecule has 0 aliphatic carbocycles. The fourth-order valence-corrected chi connectivity index (χ4v) is 3.53. The molecule has 0 spiro atoms. The van der Waals surface area contributed by atoms with E-state index in [1.165, 1.54) is 6.20 Å². The van der Waals surface area contributed by atoms with Crippen molar-refractivity contribution in [3.8, 4) is 0 Å². The van der Waals surface area contributed by atoms with Gasteiger partial charge in [-0.1, -0.05) is 30.3 Å². The van der Waals surface area contributed by atoms with Gasteiger partial charge < -0.3 is 20.5 Å². The molecule has 3 N–H and O–H groups in total. The summed E-state index contributed by atoms with van der Waals surface area (Å²) in [4.78, 5) is 28.7. The highest BCUT2D eigenvalue weighted by molar-refractivity contribution is 5.94. The van der Waals surface area contributed by atoms with Gasteiger partial charge in [0.2, 0.25) is 5.91 Å². The number of rotatable bonds is 7. The Morgan fingerprint density at radius 2 is 2.00 bits per heavy atom. The van der Waals surface area contributed by atoms with Crippen LogP contribution in [0.5, 0.6) is 0 Å². The summed E-state index contributed by atoms with van der Waals surface area (Å²) in [7, 11) is 0. The van der Waals surface area contributed by atoms with Crippen molar-refractivity contribution >= 4 is 11.8 Å². The molecule has 1 saturated heterocycles.